The van der Waals surface area contributed by atoms with Gasteiger partial charge in [0.2, 0.25) is 0 Å². The van der Waals surface area contributed by atoms with Crippen molar-refractivity contribution in [3.63, 3.8) is 0 Å². The van der Waals surface area contributed by atoms with Crippen LogP contribution in [0.5, 0.6) is 0 Å². The molecular weight excluding hydrogens is 274 g/mol. The number of carbonyl (C=O) groups is 1. The molecule has 4 nitrogen and oxygen atoms in total. The number of aromatic nitrogens is 1. The first kappa shape index (κ1) is 14.6. The van der Waals surface area contributed by atoms with Gasteiger partial charge in [0.25, 0.3) is 5.91 Å². The number of rotatable bonds is 5. The van der Waals surface area contributed by atoms with E-state index in [1.54, 1.807) is 23.9 Å². The highest BCUT2D eigenvalue weighted by Gasteiger charge is 2.11. The number of amides is 1. The lowest BCUT2D eigenvalue weighted by atomic mass is 10.2. The molecule has 1 amide bonds. The minimum atomic E-state index is -0.167. The molecule has 20 heavy (non-hydrogen) atoms. The van der Waals surface area contributed by atoms with Gasteiger partial charge in [-0.15, -0.1) is 0 Å². The van der Waals surface area contributed by atoms with E-state index in [1.807, 2.05) is 24.3 Å². The van der Waals surface area contributed by atoms with Crippen molar-refractivity contribution in [2.45, 2.75) is 13.5 Å². The average molecular weight is 292 g/mol. The molecule has 0 saturated carbocycles. The molecule has 1 aromatic carbocycles. The van der Waals surface area contributed by atoms with E-state index >= 15 is 0 Å². The minimum Gasteiger partial charge on any atom is -0.345 e. The number of nitrogens with one attached hydrogen (secondary N) is 2. The molecule has 0 aliphatic rings. The SMILES string of the molecule is CCNCc1cccc(NC(=O)c2cc(Cl)cn2C)c1. The molecule has 0 spiro atoms. The molecule has 0 aliphatic carbocycles. The van der Waals surface area contributed by atoms with Crippen molar-refractivity contribution >= 4 is 23.2 Å². The van der Waals surface area contributed by atoms with Crippen LogP contribution in [0.15, 0.2) is 36.5 Å². The number of nitrogens with zero attached hydrogens (tertiary/aromatic N) is 1. The van der Waals surface area contributed by atoms with E-state index < -0.39 is 0 Å². The Labute approximate surface area is 123 Å². The summed E-state index contributed by atoms with van der Waals surface area (Å²) in [5, 5.41) is 6.69. The smallest absolute Gasteiger partial charge is 0.272 e. The minimum absolute atomic E-state index is 0.167. The maximum Gasteiger partial charge on any atom is 0.272 e. The van der Waals surface area contributed by atoms with Gasteiger partial charge < -0.3 is 15.2 Å². The molecule has 0 saturated heterocycles. The summed E-state index contributed by atoms with van der Waals surface area (Å²) < 4.78 is 1.71. The van der Waals surface area contributed by atoms with E-state index in [0.717, 1.165) is 24.3 Å². The normalized spacial score (nSPS) is 10.6. The third kappa shape index (κ3) is 3.62. The van der Waals surface area contributed by atoms with Crippen LogP contribution in [-0.2, 0) is 13.6 Å². The van der Waals surface area contributed by atoms with Gasteiger partial charge in [0, 0.05) is 25.5 Å². The Morgan fingerprint density at radius 3 is 2.80 bits per heavy atom. The zero-order chi connectivity index (χ0) is 14.5. The van der Waals surface area contributed by atoms with Crippen molar-refractivity contribution in [3.05, 3.63) is 52.8 Å². The molecule has 0 bridgehead atoms. The number of aryl methyl sites for hydroxylation is 1. The summed E-state index contributed by atoms with van der Waals surface area (Å²) in [4.78, 5) is 12.2. The Hall–Kier alpha value is -1.78. The lowest BCUT2D eigenvalue weighted by Gasteiger charge is -2.08. The second-order valence-electron chi connectivity index (χ2n) is 4.59. The molecule has 0 fully saturated rings. The number of hydrogen-bond acceptors (Lipinski definition) is 2. The van der Waals surface area contributed by atoms with Gasteiger partial charge in [-0.05, 0) is 30.3 Å². The highest BCUT2D eigenvalue weighted by atomic mass is 35.5. The van der Waals surface area contributed by atoms with Crippen LogP contribution < -0.4 is 10.6 Å². The van der Waals surface area contributed by atoms with Gasteiger partial charge in [0.15, 0.2) is 0 Å². The Morgan fingerprint density at radius 1 is 1.35 bits per heavy atom. The van der Waals surface area contributed by atoms with Gasteiger partial charge in [-0.1, -0.05) is 30.7 Å². The standard InChI is InChI=1S/C15H18ClN3O/c1-3-17-9-11-5-4-6-13(7-11)18-15(20)14-8-12(16)10-19(14)2/h4-8,10,17H,3,9H2,1-2H3,(H,18,20). The average Bonchev–Trinajstić information content (AvgIpc) is 2.76. The van der Waals surface area contributed by atoms with Crippen molar-refractivity contribution in [1.29, 1.82) is 0 Å². The summed E-state index contributed by atoms with van der Waals surface area (Å²) in [6.07, 6.45) is 1.71. The Morgan fingerprint density at radius 2 is 2.15 bits per heavy atom. The van der Waals surface area contributed by atoms with Crippen LogP contribution in [0.3, 0.4) is 0 Å². The molecule has 2 N–H and O–H groups in total. The second-order valence-corrected chi connectivity index (χ2v) is 5.03. The molecule has 0 aliphatic heterocycles. The zero-order valence-electron chi connectivity index (χ0n) is 11.6. The fourth-order valence-corrected chi connectivity index (χ4v) is 2.22. The predicted octanol–water partition coefficient (Wildman–Crippen LogP) is 3.04. The van der Waals surface area contributed by atoms with Gasteiger partial charge in [0.05, 0.1) is 5.02 Å². The summed E-state index contributed by atoms with van der Waals surface area (Å²) in [5.41, 5.74) is 2.45. The molecule has 5 heteroatoms. The molecule has 0 radical (unpaired) electrons. The van der Waals surface area contributed by atoms with Crippen LogP contribution in [0.4, 0.5) is 5.69 Å². The summed E-state index contributed by atoms with van der Waals surface area (Å²) in [6, 6.07) is 9.44. The van der Waals surface area contributed by atoms with Crippen molar-refractivity contribution < 1.29 is 4.79 Å². The number of hydrogen-bond donors (Lipinski definition) is 2. The van der Waals surface area contributed by atoms with Crippen molar-refractivity contribution in [3.8, 4) is 0 Å². The van der Waals surface area contributed by atoms with Crippen LogP contribution in [0.1, 0.15) is 23.0 Å². The van der Waals surface area contributed by atoms with E-state index in [0.29, 0.717) is 10.7 Å². The highest BCUT2D eigenvalue weighted by Crippen LogP contribution is 2.16. The van der Waals surface area contributed by atoms with Crippen LogP contribution in [0.25, 0.3) is 0 Å². The number of benzene rings is 1. The third-order valence-corrected chi connectivity index (χ3v) is 3.17. The fourth-order valence-electron chi connectivity index (χ4n) is 1.97. The number of anilines is 1. The first-order chi connectivity index (χ1) is 9.60. The number of halogens is 1. The second kappa shape index (κ2) is 6.59. The van der Waals surface area contributed by atoms with Crippen molar-refractivity contribution in [2.24, 2.45) is 7.05 Å². The van der Waals surface area contributed by atoms with E-state index in [2.05, 4.69) is 17.6 Å². The molecular formula is C15H18ClN3O. The summed E-state index contributed by atoms with van der Waals surface area (Å²) in [6.45, 7) is 3.76. The topological polar surface area (TPSA) is 46.1 Å². The fraction of sp³-hybridized carbons (Fsp3) is 0.267. The lowest BCUT2D eigenvalue weighted by molar-refractivity contribution is 0.101. The monoisotopic (exact) mass is 291 g/mol. The quantitative estimate of drug-likeness (QED) is 0.889. The van der Waals surface area contributed by atoms with Gasteiger partial charge in [-0.3, -0.25) is 4.79 Å². The first-order valence-electron chi connectivity index (χ1n) is 6.53. The van der Waals surface area contributed by atoms with Gasteiger partial charge in [0.1, 0.15) is 5.69 Å². The molecule has 0 atom stereocenters. The zero-order valence-corrected chi connectivity index (χ0v) is 12.4. The lowest BCUT2D eigenvalue weighted by Crippen LogP contribution is -2.16. The molecule has 2 rings (SSSR count). The maximum absolute atomic E-state index is 12.2. The maximum atomic E-state index is 12.2. The Balaban J connectivity index is 2.09. The molecule has 106 valence electrons. The third-order valence-electron chi connectivity index (χ3n) is 2.97. The van der Waals surface area contributed by atoms with Gasteiger partial charge >= 0.3 is 0 Å². The Bertz CT molecular complexity index is 607. The molecule has 1 heterocycles. The van der Waals surface area contributed by atoms with E-state index in [9.17, 15) is 4.79 Å². The summed E-state index contributed by atoms with van der Waals surface area (Å²) >= 11 is 5.89. The molecule has 2 aromatic rings. The predicted molar refractivity (Wildman–Crippen MR) is 82.2 cm³/mol. The summed E-state index contributed by atoms with van der Waals surface area (Å²) in [5.74, 6) is -0.167. The van der Waals surface area contributed by atoms with Crippen LogP contribution >= 0.6 is 11.6 Å². The first-order valence-corrected chi connectivity index (χ1v) is 6.91. The van der Waals surface area contributed by atoms with Crippen LogP contribution in [0.2, 0.25) is 5.02 Å². The van der Waals surface area contributed by atoms with Crippen LogP contribution in [0, 0.1) is 0 Å². The van der Waals surface area contributed by atoms with Gasteiger partial charge in [-0.25, -0.2) is 0 Å². The van der Waals surface area contributed by atoms with Crippen molar-refractivity contribution in [2.75, 3.05) is 11.9 Å². The molecule has 0 unspecified atom stereocenters. The van der Waals surface area contributed by atoms with E-state index in [-0.39, 0.29) is 5.91 Å². The summed E-state index contributed by atoms with van der Waals surface area (Å²) in [7, 11) is 1.79. The highest BCUT2D eigenvalue weighted by molar-refractivity contribution is 6.31. The number of carbonyl (C=O) groups excluding carboxylic acids is 1. The Kier molecular flexibility index (Phi) is 4.82. The van der Waals surface area contributed by atoms with E-state index in [1.165, 1.54) is 0 Å². The largest absolute Gasteiger partial charge is 0.345 e. The van der Waals surface area contributed by atoms with Crippen LogP contribution in [-0.4, -0.2) is 17.0 Å². The molecule has 1 aromatic heterocycles. The van der Waals surface area contributed by atoms with Crippen molar-refractivity contribution in [1.82, 2.24) is 9.88 Å². The van der Waals surface area contributed by atoms with Gasteiger partial charge in [-0.2, -0.15) is 0 Å². The van der Waals surface area contributed by atoms with E-state index in [4.69, 9.17) is 11.6 Å².